The van der Waals surface area contributed by atoms with Crippen LogP contribution in [-0.2, 0) is 0 Å². The summed E-state index contributed by atoms with van der Waals surface area (Å²) < 4.78 is 2.40. The van der Waals surface area contributed by atoms with E-state index in [0.717, 1.165) is 21.0 Å². The van der Waals surface area contributed by atoms with Gasteiger partial charge in [0.2, 0.25) is 0 Å². The fraction of sp³-hybridized carbons (Fsp3) is 0. The molecular formula is C37H25N2PS3. The fourth-order valence-electron chi connectivity index (χ4n) is 5.70. The highest BCUT2D eigenvalue weighted by molar-refractivity contribution is 8.04. The molecule has 206 valence electrons. The normalized spacial score (nSPS) is 14.6. The maximum atomic E-state index is 5.31. The molecule has 0 atom stereocenters. The van der Waals surface area contributed by atoms with Crippen LogP contribution in [0.3, 0.4) is 0 Å². The lowest BCUT2D eigenvalue weighted by molar-refractivity contribution is 1.45. The number of benzene rings is 5. The zero-order valence-corrected chi connectivity index (χ0v) is 26.3. The quantitative estimate of drug-likeness (QED) is 0.172. The van der Waals surface area contributed by atoms with E-state index in [-0.39, 0.29) is 0 Å². The van der Waals surface area contributed by atoms with Crippen LogP contribution in [0.15, 0.2) is 161 Å². The lowest BCUT2D eigenvalue weighted by Gasteiger charge is -2.35. The van der Waals surface area contributed by atoms with Gasteiger partial charge < -0.3 is 0 Å². The van der Waals surface area contributed by atoms with E-state index in [1.54, 1.807) is 34.4 Å². The summed E-state index contributed by atoms with van der Waals surface area (Å²) in [5.41, 5.74) is 2.08. The molecule has 3 heterocycles. The van der Waals surface area contributed by atoms with E-state index in [1.807, 2.05) is 0 Å². The first kappa shape index (κ1) is 26.6. The van der Waals surface area contributed by atoms with Gasteiger partial charge in [-0.2, -0.15) is 0 Å². The summed E-state index contributed by atoms with van der Waals surface area (Å²) >= 11 is 5.38. The molecule has 0 fully saturated rings. The number of aromatic nitrogens is 2. The minimum absolute atomic E-state index is 1.04. The highest BCUT2D eigenvalue weighted by atomic mass is 32.2. The number of fused-ring (bicyclic) bond motifs is 2. The molecule has 1 aliphatic heterocycles. The Labute approximate surface area is 263 Å². The van der Waals surface area contributed by atoms with E-state index >= 15 is 0 Å². The summed E-state index contributed by atoms with van der Waals surface area (Å²) in [7, 11) is 0. The molecule has 0 saturated carbocycles. The van der Waals surface area contributed by atoms with Crippen molar-refractivity contribution in [3.8, 4) is 0 Å². The molecule has 0 unspecified atom stereocenters. The van der Waals surface area contributed by atoms with Crippen LogP contribution < -0.4 is 10.6 Å². The Kier molecular flexibility index (Phi) is 6.97. The second-order valence-corrected chi connectivity index (χ2v) is 16.7. The van der Waals surface area contributed by atoms with Crippen LogP contribution in [0, 0.1) is 0 Å². The van der Waals surface area contributed by atoms with Crippen molar-refractivity contribution in [3.63, 3.8) is 0 Å². The van der Waals surface area contributed by atoms with Crippen LogP contribution in [0.5, 0.6) is 0 Å². The van der Waals surface area contributed by atoms with Gasteiger partial charge in [0.25, 0.3) is 0 Å². The maximum Gasteiger partial charge on any atom is 0.125 e. The molecule has 0 bridgehead atoms. The van der Waals surface area contributed by atoms with Gasteiger partial charge in [0, 0.05) is 20.4 Å². The second kappa shape index (κ2) is 11.3. The van der Waals surface area contributed by atoms with Crippen molar-refractivity contribution in [1.29, 1.82) is 0 Å². The van der Waals surface area contributed by atoms with Crippen molar-refractivity contribution in [2.75, 3.05) is 0 Å². The van der Waals surface area contributed by atoms with Gasteiger partial charge in [-0.05, 0) is 66.0 Å². The summed E-state index contributed by atoms with van der Waals surface area (Å²) in [5.74, 6) is 0. The Bertz CT molecular complexity index is 2100. The number of thioether (sulfide) groups is 1. The van der Waals surface area contributed by atoms with Crippen molar-refractivity contribution < 1.29 is 0 Å². The predicted molar refractivity (Wildman–Crippen MR) is 191 cm³/mol. The third-order valence-corrected chi connectivity index (χ3v) is 15.3. The highest BCUT2D eigenvalue weighted by Gasteiger charge is 2.37. The smallest absolute Gasteiger partial charge is 0.125 e. The topological polar surface area (TPSA) is 25.8 Å². The van der Waals surface area contributed by atoms with Gasteiger partial charge >= 0.3 is 0 Å². The number of allylic oxidation sites excluding steroid dienone is 2. The van der Waals surface area contributed by atoms with Crippen molar-refractivity contribution in [3.05, 3.63) is 167 Å². The molecule has 2 nitrogen and oxygen atoms in total. The molecule has 5 aromatic carbocycles. The molecule has 0 saturated heterocycles. The Morgan fingerprint density at radius 3 is 1.56 bits per heavy atom. The van der Waals surface area contributed by atoms with Crippen LogP contribution in [-0.4, -0.2) is 15.3 Å². The second-order valence-electron chi connectivity index (χ2n) is 10.2. The summed E-state index contributed by atoms with van der Waals surface area (Å²) in [5, 5.41) is 7.31. The molecule has 1 aliphatic rings. The van der Waals surface area contributed by atoms with Crippen LogP contribution in [0.2, 0.25) is 0 Å². The molecule has 43 heavy (non-hydrogen) atoms. The lowest BCUT2D eigenvalue weighted by atomic mass is 10.3. The summed E-state index contributed by atoms with van der Waals surface area (Å²) in [6.07, 6.45) is 4.83. The van der Waals surface area contributed by atoms with Crippen molar-refractivity contribution >= 4 is 83.0 Å². The molecule has 8 rings (SSSR count). The number of thiazole rings is 2. The standard InChI is InChI=1S/C37H25N2PS3/c1-4-14-26(15-5-1)40(27-16-6-2-7-17-27)32(36-38-30-20-10-12-22-34(30)42-36)24-29(41-28-18-8-3-9-19-28)25-33(40)37-39-31-21-11-13-23-35(31)43-37/h1-25H. The van der Waals surface area contributed by atoms with Crippen molar-refractivity contribution in [1.82, 2.24) is 9.97 Å². The van der Waals surface area contributed by atoms with Crippen LogP contribution in [0.1, 0.15) is 10.0 Å². The van der Waals surface area contributed by atoms with E-state index < -0.39 is 6.89 Å². The average Bonchev–Trinajstić information content (AvgIpc) is 3.70. The van der Waals surface area contributed by atoms with Crippen molar-refractivity contribution in [2.45, 2.75) is 4.90 Å². The first-order chi connectivity index (χ1) is 21.3. The van der Waals surface area contributed by atoms with E-state index in [0.29, 0.717) is 0 Å². The van der Waals surface area contributed by atoms with Gasteiger partial charge in [-0.25, -0.2) is 9.97 Å². The third kappa shape index (κ3) is 4.74. The molecule has 0 aliphatic carbocycles. The third-order valence-electron chi connectivity index (χ3n) is 7.57. The molecule has 0 N–H and O–H groups in total. The lowest BCUT2D eigenvalue weighted by Crippen LogP contribution is -2.25. The van der Waals surface area contributed by atoms with Crippen LogP contribution >= 0.6 is 41.3 Å². The number of para-hydroxylation sites is 2. The Hall–Kier alpha value is -3.99. The summed E-state index contributed by atoms with van der Waals surface area (Å²) in [6.45, 7) is -2.43. The minimum atomic E-state index is -2.43. The average molecular weight is 625 g/mol. The van der Waals surface area contributed by atoms with Gasteiger partial charge in [0.15, 0.2) is 0 Å². The van der Waals surface area contributed by atoms with Gasteiger partial charge in [0.05, 0.1) is 20.4 Å². The molecule has 7 aromatic rings. The summed E-state index contributed by atoms with van der Waals surface area (Å²) in [6, 6.07) is 49.7. The SMILES string of the molecule is C1=C(Sc2ccccc2)C=C(c2nc3ccccc3s2)P(c2ccccc2)(c2ccccc2)=C1c1nc2ccccc2s1. The molecule has 0 spiro atoms. The van der Waals surface area contributed by atoms with Crippen molar-refractivity contribution in [2.24, 2.45) is 0 Å². The molecule has 6 heteroatoms. The fourth-order valence-corrected chi connectivity index (χ4v) is 13.9. The molecule has 0 radical (unpaired) electrons. The van der Waals surface area contributed by atoms with E-state index in [1.165, 1.54) is 40.4 Å². The monoisotopic (exact) mass is 624 g/mol. The Balaban J connectivity index is 1.54. The largest absolute Gasteiger partial charge is 0.236 e. The number of rotatable bonds is 6. The number of hydrogen-bond acceptors (Lipinski definition) is 5. The van der Waals surface area contributed by atoms with Gasteiger partial charge in [0.1, 0.15) is 10.0 Å². The van der Waals surface area contributed by atoms with E-state index in [4.69, 9.17) is 9.97 Å². The Morgan fingerprint density at radius 1 is 0.488 bits per heavy atom. The predicted octanol–water partition coefficient (Wildman–Crippen LogP) is 9.83. The van der Waals surface area contributed by atoms with E-state index in [9.17, 15) is 0 Å². The van der Waals surface area contributed by atoms with Gasteiger partial charge in [-0.3, -0.25) is 0 Å². The Morgan fingerprint density at radius 2 is 0.977 bits per heavy atom. The minimum Gasteiger partial charge on any atom is -0.236 e. The first-order valence-electron chi connectivity index (χ1n) is 14.1. The van der Waals surface area contributed by atoms with E-state index in [2.05, 4.69) is 152 Å². The molecule has 2 aromatic heterocycles. The highest BCUT2D eigenvalue weighted by Crippen LogP contribution is 2.64. The number of nitrogens with zero attached hydrogens (tertiary/aromatic N) is 2. The summed E-state index contributed by atoms with van der Waals surface area (Å²) in [4.78, 5) is 13.0. The first-order valence-corrected chi connectivity index (χ1v) is 18.3. The maximum absolute atomic E-state index is 5.31. The van der Waals surface area contributed by atoms with Gasteiger partial charge in [-0.15, -0.1) is 22.7 Å². The van der Waals surface area contributed by atoms with Crippen LogP contribution in [0.25, 0.3) is 25.7 Å². The van der Waals surface area contributed by atoms with Crippen LogP contribution in [0.4, 0.5) is 0 Å². The molecular weight excluding hydrogens is 600 g/mol. The zero-order valence-electron chi connectivity index (χ0n) is 23.0. The zero-order chi connectivity index (χ0) is 28.6. The van der Waals surface area contributed by atoms with Gasteiger partial charge in [-0.1, -0.05) is 115 Å². The molecule has 0 amide bonds. The number of hydrogen-bond donors (Lipinski definition) is 0.